The van der Waals surface area contributed by atoms with Crippen molar-refractivity contribution in [3.8, 4) is 6.07 Å². The fraction of sp³-hybridized carbons (Fsp3) is 0.0833. The lowest BCUT2D eigenvalue weighted by Gasteiger charge is -2.06. The molecule has 2 rings (SSSR count). The lowest BCUT2D eigenvalue weighted by molar-refractivity contribution is 1.07. The van der Waals surface area contributed by atoms with Crippen molar-refractivity contribution in [3.05, 3.63) is 47.7 Å². The van der Waals surface area contributed by atoms with Gasteiger partial charge in [0, 0.05) is 12.7 Å². The average molecular weight is 240 g/mol. The molecule has 0 saturated heterocycles. The summed E-state index contributed by atoms with van der Waals surface area (Å²) in [6.45, 7) is 0.618. The van der Waals surface area contributed by atoms with Gasteiger partial charge in [-0.1, -0.05) is 12.1 Å². The number of nitrogens with zero attached hydrogens (tertiary/aromatic N) is 3. The summed E-state index contributed by atoms with van der Waals surface area (Å²) in [5.41, 5.74) is 4.10. The molecular weight excluding hydrogens is 228 g/mol. The Kier molecular flexibility index (Phi) is 3.69. The summed E-state index contributed by atoms with van der Waals surface area (Å²) in [6, 6.07) is 11.2. The number of nitriles is 1. The summed E-state index contributed by atoms with van der Waals surface area (Å²) in [6.07, 6.45) is 1.61. The van der Waals surface area contributed by atoms with E-state index >= 15 is 0 Å². The predicted molar refractivity (Wildman–Crippen MR) is 68.3 cm³/mol. The van der Waals surface area contributed by atoms with E-state index < -0.39 is 0 Å². The van der Waals surface area contributed by atoms with Crippen molar-refractivity contribution >= 4 is 11.8 Å². The van der Waals surface area contributed by atoms with Crippen LogP contribution in [0.2, 0.25) is 0 Å². The van der Waals surface area contributed by atoms with Crippen molar-refractivity contribution < 1.29 is 0 Å². The van der Waals surface area contributed by atoms with Crippen LogP contribution in [0, 0.1) is 11.3 Å². The number of aromatic nitrogens is 2. The molecule has 0 unspecified atom stereocenters. The Bertz CT molecular complexity index is 558. The minimum absolute atomic E-state index is 0.361. The maximum Gasteiger partial charge on any atom is 0.239 e. The van der Waals surface area contributed by atoms with Crippen LogP contribution in [0.1, 0.15) is 11.1 Å². The maximum absolute atomic E-state index is 8.69. The van der Waals surface area contributed by atoms with E-state index in [1.165, 1.54) is 0 Å². The zero-order valence-electron chi connectivity index (χ0n) is 9.59. The van der Waals surface area contributed by atoms with Gasteiger partial charge in [-0.25, -0.2) is 10.8 Å². The van der Waals surface area contributed by atoms with Gasteiger partial charge in [-0.3, -0.25) is 5.43 Å². The van der Waals surface area contributed by atoms with E-state index in [9.17, 15) is 0 Å². The fourth-order valence-electron chi connectivity index (χ4n) is 1.42. The summed E-state index contributed by atoms with van der Waals surface area (Å²) in [5.74, 6) is 6.27. The standard InChI is InChI=1S/C12H12N6/c13-7-9-1-3-10(4-2-9)8-16-11-5-6-15-12(17-11)18-14/h1-6H,8,14H2,(H2,15,16,17,18). The Morgan fingerprint density at radius 3 is 2.67 bits per heavy atom. The molecule has 0 atom stereocenters. The Labute approximate surface area is 104 Å². The van der Waals surface area contributed by atoms with Crippen molar-refractivity contribution in [1.29, 1.82) is 5.26 Å². The van der Waals surface area contributed by atoms with Crippen LogP contribution in [0.25, 0.3) is 0 Å². The molecule has 6 heteroatoms. The first-order chi connectivity index (χ1) is 8.81. The smallest absolute Gasteiger partial charge is 0.239 e. The molecule has 0 radical (unpaired) electrons. The number of hydrazine groups is 1. The van der Waals surface area contributed by atoms with Crippen LogP contribution in [0.3, 0.4) is 0 Å². The minimum Gasteiger partial charge on any atom is -0.366 e. The molecule has 0 aliphatic heterocycles. The largest absolute Gasteiger partial charge is 0.366 e. The molecule has 4 N–H and O–H groups in total. The predicted octanol–water partition coefficient (Wildman–Crippen LogP) is 1.25. The van der Waals surface area contributed by atoms with Gasteiger partial charge in [0.25, 0.3) is 0 Å². The Balaban J connectivity index is 2.00. The Morgan fingerprint density at radius 1 is 1.22 bits per heavy atom. The molecule has 0 saturated carbocycles. The van der Waals surface area contributed by atoms with Crippen LogP contribution in [0.15, 0.2) is 36.5 Å². The SMILES string of the molecule is N#Cc1ccc(CNc2ccnc(NN)n2)cc1. The van der Waals surface area contributed by atoms with Gasteiger partial charge in [0.1, 0.15) is 5.82 Å². The number of anilines is 2. The van der Waals surface area contributed by atoms with Crippen molar-refractivity contribution in [2.75, 3.05) is 10.7 Å². The van der Waals surface area contributed by atoms with E-state index in [2.05, 4.69) is 26.8 Å². The van der Waals surface area contributed by atoms with Crippen LogP contribution >= 0.6 is 0 Å². The molecule has 6 nitrogen and oxygen atoms in total. The van der Waals surface area contributed by atoms with E-state index in [-0.39, 0.29) is 0 Å². The van der Waals surface area contributed by atoms with Crippen LogP contribution in [-0.4, -0.2) is 9.97 Å². The summed E-state index contributed by atoms with van der Waals surface area (Å²) < 4.78 is 0. The number of nitrogen functional groups attached to an aromatic ring is 1. The lowest BCUT2D eigenvalue weighted by Crippen LogP contribution is -2.11. The third-order valence-corrected chi connectivity index (χ3v) is 2.34. The molecule has 90 valence electrons. The maximum atomic E-state index is 8.69. The van der Waals surface area contributed by atoms with E-state index in [0.717, 1.165) is 5.56 Å². The molecule has 0 bridgehead atoms. The Hall–Kier alpha value is -2.65. The van der Waals surface area contributed by atoms with Gasteiger partial charge in [0.15, 0.2) is 0 Å². The fourth-order valence-corrected chi connectivity index (χ4v) is 1.42. The van der Waals surface area contributed by atoms with Gasteiger partial charge in [-0.05, 0) is 23.8 Å². The third kappa shape index (κ3) is 2.93. The normalized spacial score (nSPS) is 9.56. The summed E-state index contributed by atoms with van der Waals surface area (Å²) in [7, 11) is 0. The zero-order chi connectivity index (χ0) is 12.8. The first-order valence-electron chi connectivity index (χ1n) is 5.34. The number of hydrogen-bond acceptors (Lipinski definition) is 6. The topological polar surface area (TPSA) is 99.7 Å². The quantitative estimate of drug-likeness (QED) is 0.549. The molecule has 2 aromatic rings. The first kappa shape index (κ1) is 11.8. The van der Waals surface area contributed by atoms with Gasteiger partial charge in [0.05, 0.1) is 11.6 Å². The molecule has 1 aromatic heterocycles. The number of benzene rings is 1. The molecule has 1 heterocycles. The van der Waals surface area contributed by atoms with E-state index in [1.807, 2.05) is 12.1 Å². The average Bonchev–Trinajstić information content (AvgIpc) is 2.46. The number of rotatable bonds is 4. The zero-order valence-corrected chi connectivity index (χ0v) is 9.59. The summed E-state index contributed by atoms with van der Waals surface area (Å²) in [4.78, 5) is 8.04. The summed E-state index contributed by atoms with van der Waals surface area (Å²) >= 11 is 0. The van der Waals surface area contributed by atoms with E-state index in [0.29, 0.717) is 23.9 Å². The van der Waals surface area contributed by atoms with Crippen LogP contribution in [-0.2, 0) is 6.54 Å². The Morgan fingerprint density at radius 2 is 2.00 bits per heavy atom. The van der Waals surface area contributed by atoms with Gasteiger partial charge >= 0.3 is 0 Å². The lowest BCUT2D eigenvalue weighted by atomic mass is 10.1. The number of nitrogens with one attached hydrogen (secondary N) is 2. The minimum atomic E-state index is 0.361. The monoisotopic (exact) mass is 240 g/mol. The van der Waals surface area contributed by atoms with Crippen LogP contribution < -0.4 is 16.6 Å². The van der Waals surface area contributed by atoms with Gasteiger partial charge in [0.2, 0.25) is 5.95 Å². The molecule has 0 fully saturated rings. The van der Waals surface area contributed by atoms with E-state index in [4.69, 9.17) is 11.1 Å². The van der Waals surface area contributed by atoms with E-state index in [1.54, 1.807) is 24.4 Å². The molecule has 0 aliphatic rings. The molecule has 18 heavy (non-hydrogen) atoms. The van der Waals surface area contributed by atoms with Crippen molar-refractivity contribution in [2.45, 2.75) is 6.54 Å². The molecule has 0 amide bonds. The highest BCUT2D eigenvalue weighted by Crippen LogP contribution is 2.08. The highest BCUT2D eigenvalue weighted by Gasteiger charge is 1.98. The summed E-state index contributed by atoms with van der Waals surface area (Å²) in [5, 5.41) is 11.8. The van der Waals surface area contributed by atoms with Crippen molar-refractivity contribution in [1.82, 2.24) is 9.97 Å². The van der Waals surface area contributed by atoms with Gasteiger partial charge in [-0.15, -0.1) is 0 Å². The highest BCUT2D eigenvalue weighted by atomic mass is 15.3. The van der Waals surface area contributed by atoms with Crippen molar-refractivity contribution in [2.24, 2.45) is 5.84 Å². The van der Waals surface area contributed by atoms with Gasteiger partial charge in [-0.2, -0.15) is 10.2 Å². The molecule has 0 spiro atoms. The second-order valence-corrected chi connectivity index (χ2v) is 3.57. The third-order valence-electron chi connectivity index (χ3n) is 2.34. The number of nitrogens with two attached hydrogens (primary N) is 1. The van der Waals surface area contributed by atoms with Crippen LogP contribution in [0.4, 0.5) is 11.8 Å². The second kappa shape index (κ2) is 5.61. The second-order valence-electron chi connectivity index (χ2n) is 3.57. The van der Waals surface area contributed by atoms with Crippen molar-refractivity contribution in [3.63, 3.8) is 0 Å². The molecule has 0 aliphatic carbocycles. The number of hydrogen-bond donors (Lipinski definition) is 3. The first-order valence-corrected chi connectivity index (χ1v) is 5.34. The molecular formula is C12H12N6. The van der Waals surface area contributed by atoms with Gasteiger partial charge < -0.3 is 5.32 Å². The highest BCUT2D eigenvalue weighted by molar-refractivity contribution is 5.40. The molecule has 1 aromatic carbocycles. The van der Waals surface area contributed by atoms with Crippen LogP contribution in [0.5, 0.6) is 0 Å².